The summed E-state index contributed by atoms with van der Waals surface area (Å²) in [6.07, 6.45) is 0.759. The molecule has 1 aliphatic rings. The number of aliphatic carboxylic acids is 1. The van der Waals surface area contributed by atoms with E-state index in [1.165, 1.54) is 11.8 Å². The van der Waals surface area contributed by atoms with E-state index >= 15 is 0 Å². The van der Waals surface area contributed by atoms with Crippen molar-refractivity contribution in [2.45, 2.75) is 11.5 Å². The zero-order valence-corrected chi connectivity index (χ0v) is 16.5. The highest BCUT2D eigenvalue weighted by Gasteiger charge is 2.30. The Morgan fingerprint density at radius 3 is 2.77 bits per heavy atom. The molecule has 0 radical (unpaired) electrons. The van der Waals surface area contributed by atoms with Gasteiger partial charge in [0.15, 0.2) is 10.2 Å². The normalized spacial score (nSPS) is 16.7. The minimum atomic E-state index is -0.864. The maximum Gasteiger partial charge on any atom is 0.313 e. The quantitative estimate of drug-likeness (QED) is 0.576. The number of thioether (sulfide) groups is 1. The number of nitrogens with zero attached hydrogens (tertiary/aromatic N) is 4. The van der Waals surface area contributed by atoms with Crippen LogP contribution in [-0.2, 0) is 11.2 Å². The number of carboxylic acids is 1. The molecule has 1 heterocycles. The first kappa shape index (κ1) is 18.5. The van der Waals surface area contributed by atoms with E-state index in [-0.39, 0.29) is 10.8 Å². The third-order valence-electron chi connectivity index (χ3n) is 4.14. The Morgan fingerprint density at radius 2 is 2.08 bits per heavy atom. The molecule has 8 heteroatoms. The number of hydrogen-bond donors (Lipinski definition) is 1. The van der Waals surface area contributed by atoms with Crippen LogP contribution < -0.4 is 0 Å². The monoisotopic (exact) mass is 432 g/mol. The van der Waals surface area contributed by atoms with Crippen LogP contribution in [0.2, 0.25) is 0 Å². The molecular weight excluding hydrogens is 416 g/mol. The van der Waals surface area contributed by atoms with Crippen molar-refractivity contribution in [3.8, 4) is 6.07 Å². The summed E-state index contributed by atoms with van der Waals surface area (Å²) in [4.78, 5) is 12.9. The Kier molecular flexibility index (Phi) is 5.69. The summed E-state index contributed by atoms with van der Waals surface area (Å²) in [5, 5.41) is 27.0. The van der Waals surface area contributed by atoms with Gasteiger partial charge >= 0.3 is 5.97 Å². The van der Waals surface area contributed by atoms with Crippen molar-refractivity contribution in [2.24, 2.45) is 5.10 Å². The van der Waals surface area contributed by atoms with Crippen LogP contribution in [0.3, 0.4) is 0 Å². The van der Waals surface area contributed by atoms with E-state index in [0.29, 0.717) is 17.3 Å². The number of fused-ring (bicyclic) bond motifs is 1. The molecule has 1 atom stereocenters. The molecule has 1 aliphatic heterocycles. The largest absolute Gasteiger partial charge is 0.481 e. The molecule has 0 bridgehead atoms. The van der Waals surface area contributed by atoms with Gasteiger partial charge in [-0.2, -0.15) is 5.26 Å². The van der Waals surface area contributed by atoms with Gasteiger partial charge in [-0.1, -0.05) is 42.1 Å². The van der Waals surface area contributed by atoms with Crippen molar-refractivity contribution in [3.05, 3.63) is 47.5 Å². The van der Waals surface area contributed by atoms with Crippen molar-refractivity contribution < 1.29 is 9.90 Å². The number of halogens is 1. The molecule has 0 aromatic heterocycles. The smallest absolute Gasteiger partial charge is 0.313 e. The molecule has 1 N–H and O–H groups in total. The fraction of sp³-hybridized carbons (Fsp3) is 0.278. The Labute approximate surface area is 164 Å². The fourth-order valence-electron chi connectivity index (χ4n) is 2.89. The second-order valence-corrected chi connectivity index (χ2v) is 7.58. The molecule has 0 fully saturated rings. The highest BCUT2D eigenvalue weighted by Crippen LogP contribution is 2.28. The number of rotatable bonds is 5. The van der Waals surface area contributed by atoms with Gasteiger partial charge in [-0.05, 0) is 44.8 Å². The second kappa shape index (κ2) is 7.98. The van der Waals surface area contributed by atoms with E-state index in [0.717, 1.165) is 22.8 Å². The molecule has 0 saturated carbocycles. The van der Waals surface area contributed by atoms with Crippen molar-refractivity contribution in [3.63, 3.8) is 0 Å². The summed E-state index contributed by atoms with van der Waals surface area (Å²) >= 11 is 4.81. The molecule has 2 aromatic rings. The maximum absolute atomic E-state index is 10.9. The van der Waals surface area contributed by atoms with Crippen molar-refractivity contribution >= 4 is 49.6 Å². The van der Waals surface area contributed by atoms with Gasteiger partial charge in [-0.25, -0.2) is 0 Å². The highest BCUT2D eigenvalue weighted by atomic mass is 79.9. The Bertz CT molecular complexity index is 912. The molecule has 134 valence electrons. The van der Waals surface area contributed by atoms with Crippen molar-refractivity contribution in [1.82, 2.24) is 9.91 Å². The van der Waals surface area contributed by atoms with Gasteiger partial charge < -0.3 is 10.0 Å². The van der Waals surface area contributed by atoms with Gasteiger partial charge in [0.1, 0.15) is 0 Å². The number of carboxylic acid groups (broad SMARTS) is 1. The lowest BCUT2D eigenvalue weighted by Gasteiger charge is -2.25. The number of alkyl halides is 1. The lowest BCUT2D eigenvalue weighted by molar-refractivity contribution is -0.133. The highest BCUT2D eigenvalue weighted by molar-refractivity contribution is 9.09. The summed E-state index contributed by atoms with van der Waals surface area (Å²) < 4.78 is 0. The van der Waals surface area contributed by atoms with E-state index in [4.69, 9.17) is 5.11 Å². The molecule has 0 amide bonds. The zero-order chi connectivity index (χ0) is 18.7. The van der Waals surface area contributed by atoms with Crippen molar-refractivity contribution in [2.75, 3.05) is 19.3 Å². The van der Waals surface area contributed by atoms with Gasteiger partial charge in [-0.15, -0.1) is 5.10 Å². The topological polar surface area (TPSA) is 79.9 Å². The maximum atomic E-state index is 10.9. The second-order valence-electron chi connectivity index (χ2n) is 5.82. The van der Waals surface area contributed by atoms with Gasteiger partial charge in [0.2, 0.25) is 0 Å². The fourth-order valence-corrected chi connectivity index (χ4v) is 4.31. The van der Waals surface area contributed by atoms with Gasteiger partial charge in [-0.3, -0.25) is 9.80 Å². The van der Waals surface area contributed by atoms with Crippen LogP contribution in [0.15, 0.2) is 41.5 Å². The SMILES string of the molecule is CN1N=C(SCC(=O)O)N(CCc2ccc(C#N)c3ccccc23)C1Br. The Morgan fingerprint density at radius 1 is 1.35 bits per heavy atom. The summed E-state index contributed by atoms with van der Waals surface area (Å²) in [7, 11) is 1.85. The van der Waals surface area contributed by atoms with Crippen molar-refractivity contribution in [1.29, 1.82) is 5.26 Å². The molecule has 3 rings (SSSR count). The summed E-state index contributed by atoms with van der Waals surface area (Å²) in [6.45, 7) is 0.682. The van der Waals surface area contributed by atoms with E-state index in [2.05, 4.69) is 27.1 Å². The molecule has 0 saturated heterocycles. The standard InChI is InChI=1S/C18H17BrN4O2S/c1-22-17(19)23(18(21-22)26-11-16(24)25)9-8-12-6-7-13(10-20)15-5-3-2-4-14(12)15/h2-7,17H,8-9,11H2,1H3,(H,24,25). The van der Waals surface area contributed by atoms with E-state index in [1.807, 2.05) is 48.3 Å². The van der Waals surface area contributed by atoms with Crippen LogP contribution in [-0.4, -0.2) is 50.6 Å². The lowest BCUT2D eigenvalue weighted by atomic mass is 9.98. The first-order chi connectivity index (χ1) is 12.5. The Hall–Kier alpha value is -2.24. The summed E-state index contributed by atoms with van der Waals surface area (Å²) in [6, 6.07) is 14.0. The molecule has 1 unspecified atom stereocenters. The van der Waals surface area contributed by atoms with Gasteiger partial charge in [0.05, 0.1) is 17.4 Å². The average molecular weight is 433 g/mol. The zero-order valence-electron chi connectivity index (χ0n) is 14.1. The minimum Gasteiger partial charge on any atom is -0.481 e. The van der Waals surface area contributed by atoms with Crippen LogP contribution in [0.1, 0.15) is 11.1 Å². The molecule has 6 nitrogen and oxygen atoms in total. The lowest BCUT2D eigenvalue weighted by Crippen LogP contribution is -2.37. The molecule has 0 spiro atoms. The molecule has 26 heavy (non-hydrogen) atoms. The number of carbonyl (C=O) groups is 1. The van der Waals surface area contributed by atoms with E-state index in [1.54, 1.807) is 5.01 Å². The first-order valence-electron chi connectivity index (χ1n) is 7.98. The van der Waals surface area contributed by atoms with E-state index < -0.39 is 5.97 Å². The third-order valence-corrected chi connectivity index (χ3v) is 6.19. The predicted octanol–water partition coefficient (Wildman–Crippen LogP) is 3.27. The summed E-state index contributed by atoms with van der Waals surface area (Å²) in [5.41, 5.74) is 1.82. The number of benzene rings is 2. The van der Waals surface area contributed by atoms with Crippen LogP contribution in [0, 0.1) is 11.3 Å². The first-order valence-corrected chi connectivity index (χ1v) is 9.89. The predicted molar refractivity (Wildman–Crippen MR) is 107 cm³/mol. The third kappa shape index (κ3) is 3.79. The number of amidine groups is 1. The molecule has 0 aliphatic carbocycles. The number of hydrogen-bond acceptors (Lipinski definition) is 6. The van der Waals surface area contributed by atoms with E-state index in [9.17, 15) is 10.1 Å². The minimum absolute atomic E-state index is 0.0251. The van der Waals surface area contributed by atoms with Crippen LogP contribution in [0.4, 0.5) is 0 Å². The van der Waals surface area contributed by atoms with Crippen LogP contribution >= 0.6 is 27.7 Å². The Balaban J connectivity index is 1.80. The van der Waals surface area contributed by atoms with Gasteiger partial charge in [0.25, 0.3) is 0 Å². The summed E-state index contributed by atoms with van der Waals surface area (Å²) in [5.74, 6) is -0.890. The van der Waals surface area contributed by atoms with Crippen LogP contribution in [0.25, 0.3) is 10.8 Å². The molecular formula is C18H17BrN4O2S. The van der Waals surface area contributed by atoms with Gasteiger partial charge in [0, 0.05) is 13.6 Å². The number of nitriles is 1. The molecule has 2 aromatic carbocycles. The average Bonchev–Trinajstić information content (AvgIpc) is 2.91. The number of hydrazone groups is 1. The van der Waals surface area contributed by atoms with Crippen LogP contribution in [0.5, 0.6) is 0 Å².